The minimum atomic E-state index is -1.97. The van der Waals surface area contributed by atoms with E-state index in [1.165, 1.54) is 0 Å². The molecule has 1 aromatic rings. The number of aliphatic hydroxyl groups is 3. The molecule has 2 saturated carbocycles. The van der Waals surface area contributed by atoms with Gasteiger partial charge in [-0.2, -0.15) is 0 Å². The molecule has 244 valence electrons. The molecule has 0 aromatic heterocycles. The van der Waals surface area contributed by atoms with Crippen LogP contribution in [0.3, 0.4) is 0 Å². The van der Waals surface area contributed by atoms with Crippen molar-refractivity contribution in [2.75, 3.05) is 6.61 Å². The lowest BCUT2D eigenvalue weighted by Gasteiger charge is -2.53. The first-order valence-electron chi connectivity index (χ1n) is 16.4. The molecule has 0 spiro atoms. The topological polar surface area (TPSA) is 130 Å². The third kappa shape index (κ3) is 5.23. The van der Waals surface area contributed by atoms with Gasteiger partial charge in [-0.1, -0.05) is 83.0 Å². The van der Waals surface area contributed by atoms with Crippen LogP contribution < -0.4 is 0 Å². The predicted molar refractivity (Wildman–Crippen MR) is 169 cm³/mol. The van der Waals surface area contributed by atoms with Crippen LogP contribution >= 0.6 is 0 Å². The van der Waals surface area contributed by atoms with E-state index in [-0.39, 0.29) is 12.8 Å². The van der Waals surface area contributed by atoms with Crippen molar-refractivity contribution in [3.05, 3.63) is 71.3 Å². The Balaban J connectivity index is 1.55. The van der Waals surface area contributed by atoms with Crippen molar-refractivity contribution >= 4 is 17.7 Å². The molecule has 0 saturated heterocycles. The first kappa shape index (κ1) is 33.3. The molecule has 0 radical (unpaired) electrons. The minimum Gasteiger partial charge on any atom is -0.454 e. The maximum Gasteiger partial charge on any atom is 0.338 e. The highest BCUT2D eigenvalue weighted by atomic mass is 16.6. The fourth-order valence-corrected chi connectivity index (χ4v) is 8.77. The van der Waals surface area contributed by atoms with Crippen LogP contribution in [0.4, 0.5) is 0 Å². The van der Waals surface area contributed by atoms with E-state index in [0.29, 0.717) is 23.1 Å². The zero-order chi connectivity index (χ0) is 32.8. The zero-order valence-corrected chi connectivity index (χ0v) is 27.1. The second-order valence-corrected chi connectivity index (χ2v) is 14.1. The molecule has 0 bridgehead atoms. The summed E-state index contributed by atoms with van der Waals surface area (Å²) in [5.74, 6) is -4.68. The molecule has 8 nitrogen and oxygen atoms in total. The van der Waals surface area contributed by atoms with E-state index in [2.05, 4.69) is 13.0 Å². The van der Waals surface area contributed by atoms with E-state index in [1.54, 1.807) is 56.3 Å². The highest BCUT2D eigenvalue weighted by molar-refractivity contribution is 6.04. The van der Waals surface area contributed by atoms with Gasteiger partial charge in [-0.25, -0.2) is 4.79 Å². The monoisotopic (exact) mass is 620 g/mol. The molecule has 0 heterocycles. The zero-order valence-electron chi connectivity index (χ0n) is 27.1. The maximum atomic E-state index is 13.6. The number of aliphatic hydroxyl groups excluding tert-OH is 1. The lowest BCUT2D eigenvalue weighted by atomic mass is 9.59. The van der Waals surface area contributed by atoms with E-state index < -0.39 is 76.3 Å². The van der Waals surface area contributed by atoms with E-state index >= 15 is 0 Å². The summed E-state index contributed by atoms with van der Waals surface area (Å²) in [5, 5.41) is 35.1. The largest absolute Gasteiger partial charge is 0.454 e. The molecule has 45 heavy (non-hydrogen) atoms. The van der Waals surface area contributed by atoms with Crippen molar-refractivity contribution in [1.29, 1.82) is 0 Å². The third-order valence-electron chi connectivity index (χ3n) is 11.1. The van der Waals surface area contributed by atoms with Gasteiger partial charge in [0.05, 0.1) is 17.8 Å². The molecular formula is C37H48O8. The van der Waals surface area contributed by atoms with E-state index in [1.807, 2.05) is 19.9 Å². The van der Waals surface area contributed by atoms with E-state index in [9.17, 15) is 29.7 Å². The Morgan fingerprint density at radius 1 is 1.04 bits per heavy atom. The molecule has 4 aliphatic rings. The molecule has 0 unspecified atom stereocenters. The van der Waals surface area contributed by atoms with Gasteiger partial charge in [-0.3, -0.25) is 9.59 Å². The van der Waals surface area contributed by atoms with Crippen molar-refractivity contribution in [3.63, 3.8) is 0 Å². The Labute approximate surface area is 266 Å². The highest BCUT2D eigenvalue weighted by Gasteiger charge is 2.88. The number of allylic oxidation sites excluding steroid dienone is 2. The number of esters is 2. The van der Waals surface area contributed by atoms with Gasteiger partial charge in [-0.05, 0) is 49.5 Å². The molecule has 0 aliphatic heterocycles. The summed E-state index contributed by atoms with van der Waals surface area (Å²) in [6.07, 6.45) is 11.3. The van der Waals surface area contributed by atoms with Crippen molar-refractivity contribution in [3.8, 4) is 0 Å². The molecule has 5 rings (SSSR count). The van der Waals surface area contributed by atoms with Gasteiger partial charge in [0.25, 0.3) is 0 Å². The summed E-state index contributed by atoms with van der Waals surface area (Å²) in [5.41, 5.74) is -4.70. The number of rotatable bonds is 11. The van der Waals surface area contributed by atoms with Crippen LogP contribution in [0.25, 0.3) is 0 Å². The first-order valence-corrected chi connectivity index (χ1v) is 16.4. The normalized spacial score (nSPS) is 36.3. The van der Waals surface area contributed by atoms with E-state index in [0.717, 1.165) is 25.7 Å². The van der Waals surface area contributed by atoms with Gasteiger partial charge in [0.1, 0.15) is 11.7 Å². The maximum absolute atomic E-state index is 13.6. The molecule has 4 aliphatic carbocycles. The lowest BCUT2D eigenvalue weighted by molar-refractivity contribution is -0.219. The smallest absolute Gasteiger partial charge is 0.338 e. The summed E-state index contributed by atoms with van der Waals surface area (Å²) >= 11 is 0. The van der Waals surface area contributed by atoms with Crippen LogP contribution in [-0.2, 0) is 19.1 Å². The van der Waals surface area contributed by atoms with Gasteiger partial charge in [0.2, 0.25) is 0 Å². The van der Waals surface area contributed by atoms with Crippen molar-refractivity contribution < 1.29 is 39.2 Å². The number of hydrogen-bond acceptors (Lipinski definition) is 8. The number of Topliss-reactive ketones (excluding diaryl/α,β-unsaturated/α-hetero) is 1. The van der Waals surface area contributed by atoms with Crippen LogP contribution in [-0.4, -0.2) is 62.6 Å². The summed E-state index contributed by atoms with van der Waals surface area (Å²) in [4.78, 5) is 40.5. The predicted octanol–water partition coefficient (Wildman–Crippen LogP) is 5.26. The van der Waals surface area contributed by atoms with Gasteiger partial charge in [0.15, 0.2) is 11.4 Å². The van der Waals surface area contributed by atoms with Crippen LogP contribution in [0, 0.1) is 29.1 Å². The minimum absolute atomic E-state index is 0.134. The Kier molecular flexibility index (Phi) is 9.08. The fourth-order valence-electron chi connectivity index (χ4n) is 8.77. The second-order valence-electron chi connectivity index (χ2n) is 14.1. The molecule has 0 amide bonds. The quantitative estimate of drug-likeness (QED) is 0.174. The average molecular weight is 621 g/mol. The van der Waals surface area contributed by atoms with Gasteiger partial charge >= 0.3 is 11.9 Å². The van der Waals surface area contributed by atoms with Gasteiger partial charge in [0, 0.05) is 41.9 Å². The number of hydrogen-bond donors (Lipinski definition) is 3. The Hall–Kier alpha value is -3.07. The number of fused-ring (bicyclic) bond motifs is 5. The number of ketones is 1. The Morgan fingerprint density at radius 2 is 1.73 bits per heavy atom. The first-order chi connectivity index (χ1) is 21.3. The fraction of sp³-hybridized carbons (Fsp3) is 0.595. The Morgan fingerprint density at radius 3 is 2.40 bits per heavy atom. The van der Waals surface area contributed by atoms with Crippen LogP contribution in [0.15, 0.2) is 65.8 Å². The molecular weight excluding hydrogens is 572 g/mol. The number of carbonyl (C=O) groups is 3. The van der Waals surface area contributed by atoms with Crippen LogP contribution in [0.2, 0.25) is 0 Å². The average Bonchev–Trinajstić information content (AvgIpc) is 3.44. The number of unbranched alkanes of at least 4 members (excludes halogenated alkanes) is 3. The SMILES string of the molecule is CCCCC/C=C\CCC(=O)O[C@@]12[C@H](OC(=O)c3ccccc3)[C@@H](C)[C@@]3(O)[C@@H](C=C(CO)C[C@]4(O)C(=O)C(C)=C[C@@H]34)[C@@H]1C2(C)C. The number of carbonyl (C=O) groups excluding carboxylic acids is 3. The standard InChI is InChI=1S/C37H48O8/c1-6-7-8-9-10-11-15-18-29(39)45-37-30(34(37,4)5)27-20-25(22-38)21-35(42)28(19-23(2)31(35)40)36(27,43)24(3)32(37)44-33(41)26-16-13-12-14-17-26/h10-14,16-17,19-20,24,27-28,30,32,38,42-43H,6-9,15,18,21-22H2,1-5H3/b11-10-/t24-,27+,28-,30-,32-,35-,36-,37-/m1/s1. The van der Waals surface area contributed by atoms with Crippen molar-refractivity contribution in [2.24, 2.45) is 29.1 Å². The van der Waals surface area contributed by atoms with Gasteiger partial charge in [-0.15, -0.1) is 0 Å². The van der Waals surface area contributed by atoms with Crippen LogP contribution in [0.1, 0.15) is 89.9 Å². The summed E-state index contributed by atoms with van der Waals surface area (Å²) in [6, 6.07) is 8.51. The van der Waals surface area contributed by atoms with Gasteiger partial charge < -0.3 is 24.8 Å². The summed E-state index contributed by atoms with van der Waals surface area (Å²) in [6.45, 7) is 8.97. The van der Waals surface area contributed by atoms with Crippen molar-refractivity contribution in [1.82, 2.24) is 0 Å². The highest BCUT2D eigenvalue weighted by Crippen LogP contribution is 2.77. The van der Waals surface area contributed by atoms with E-state index in [4.69, 9.17) is 9.47 Å². The third-order valence-corrected chi connectivity index (χ3v) is 11.1. The van der Waals surface area contributed by atoms with Crippen LogP contribution in [0.5, 0.6) is 0 Å². The molecule has 3 N–H and O–H groups in total. The summed E-state index contributed by atoms with van der Waals surface area (Å²) in [7, 11) is 0. The second kappa shape index (κ2) is 12.3. The molecule has 8 atom stereocenters. The van der Waals surface area contributed by atoms with Crippen molar-refractivity contribution in [2.45, 2.75) is 102 Å². The number of benzene rings is 1. The molecule has 8 heteroatoms. The lowest BCUT2D eigenvalue weighted by Crippen LogP contribution is -2.66. The molecule has 1 aromatic carbocycles. The molecule has 2 fully saturated rings. The summed E-state index contributed by atoms with van der Waals surface area (Å²) < 4.78 is 12.7. The Bertz CT molecular complexity index is 1410. The number of ether oxygens (including phenoxy) is 2.